The van der Waals surface area contributed by atoms with Crippen molar-refractivity contribution in [1.29, 1.82) is 0 Å². The largest absolute Gasteiger partial charge is 0.459 e. The molecule has 2 atom stereocenters. The second-order valence-electron chi connectivity index (χ2n) is 5.67. The van der Waals surface area contributed by atoms with Crippen LogP contribution in [0.4, 0.5) is 0 Å². The Labute approximate surface area is 129 Å². The van der Waals surface area contributed by atoms with Gasteiger partial charge in [0.2, 0.25) is 0 Å². The lowest BCUT2D eigenvalue weighted by atomic mass is 10.1. The highest BCUT2D eigenvalue weighted by Gasteiger charge is 2.17. The third-order valence-corrected chi connectivity index (χ3v) is 4.90. The van der Waals surface area contributed by atoms with E-state index >= 15 is 0 Å². The summed E-state index contributed by atoms with van der Waals surface area (Å²) >= 11 is 1.86. The van der Waals surface area contributed by atoms with Crippen LogP contribution in [0, 0.1) is 13.8 Å². The smallest absolute Gasteiger partial charge is 0.134 e. The van der Waals surface area contributed by atoms with Crippen LogP contribution in [-0.4, -0.2) is 0 Å². The minimum Gasteiger partial charge on any atom is -0.459 e. The minimum absolute atomic E-state index is 0.187. The molecule has 0 aliphatic heterocycles. The molecule has 0 saturated heterocycles. The molecule has 0 amide bonds. The maximum Gasteiger partial charge on any atom is 0.134 e. The van der Waals surface area contributed by atoms with E-state index < -0.39 is 0 Å². The van der Waals surface area contributed by atoms with E-state index in [4.69, 9.17) is 4.42 Å². The van der Waals surface area contributed by atoms with Gasteiger partial charge in [-0.15, -0.1) is 11.3 Å². The number of para-hydroxylation sites is 1. The van der Waals surface area contributed by atoms with Crippen molar-refractivity contribution in [3.63, 3.8) is 0 Å². The lowest BCUT2D eigenvalue weighted by Gasteiger charge is -2.18. The number of benzene rings is 1. The van der Waals surface area contributed by atoms with E-state index in [1.807, 2.05) is 29.5 Å². The molecule has 3 heteroatoms. The molecule has 0 saturated carbocycles. The van der Waals surface area contributed by atoms with Gasteiger partial charge in [-0.05, 0) is 51.5 Å². The Kier molecular flexibility index (Phi) is 3.87. The van der Waals surface area contributed by atoms with Crippen molar-refractivity contribution < 1.29 is 4.42 Å². The fourth-order valence-corrected chi connectivity index (χ4v) is 3.87. The summed E-state index contributed by atoms with van der Waals surface area (Å²) in [4.78, 5) is 2.76. The molecule has 0 spiro atoms. The molecule has 2 nitrogen and oxygen atoms in total. The molecule has 21 heavy (non-hydrogen) atoms. The number of hydrogen-bond acceptors (Lipinski definition) is 3. The van der Waals surface area contributed by atoms with Gasteiger partial charge in [0.25, 0.3) is 0 Å². The molecule has 110 valence electrons. The van der Waals surface area contributed by atoms with Crippen molar-refractivity contribution >= 4 is 22.3 Å². The first-order chi connectivity index (χ1) is 10.0. The molecule has 3 aromatic rings. The van der Waals surface area contributed by atoms with Gasteiger partial charge >= 0.3 is 0 Å². The molecular formula is C18H21NOS. The van der Waals surface area contributed by atoms with Gasteiger partial charge < -0.3 is 9.73 Å². The van der Waals surface area contributed by atoms with Crippen LogP contribution in [0.15, 0.2) is 40.8 Å². The van der Waals surface area contributed by atoms with Crippen molar-refractivity contribution in [2.24, 2.45) is 0 Å². The standard InChI is InChI=1S/C18H21NOS/c1-11-9-16(14(4)21-11)12(2)19-13(3)18-10-15-7-5-6-8-17(15)20-18/h5-10,12-13,19H,1-4H3. The van der Waals surface area contributed by atoms with Gasteiger partial charge in [0.15, 0.2) is 0 Å². The minimum atomic E-state index is 0.187. The van der Waals surface area contributed by atoms with Crippen LogP contribution in [0.1, 0.15) is 47.0 Å². The monoisotopic (exact) mass is 299 g/mol. The van der Waals surface area contributed by atoms with Crippen LogP contribution < -0.4 is 5.32 Å². The summed E-state index contributed by atoms with van der Waals surface area (Å²) in [6, 6.07) is 13.1. The van der Waals surface area contributed by atoms with Crippen molar-refractivity contribution in [2.75, 3.05) is 0 Å². The van der Waals surface area contributed by atoms with Crippen LogP contribution >= 0.6 is 11.3 Å². The van der Waals surface area contributed by atoms with E-state index in [-0.39, 0.29) is 6.04 Å². The summed E-state index contributed by atoms with van der Waals surface area (Å²) in [5.74, 6) is 0.993. The van der Waals surface area contributed by atoms with E-state index in [1.54, 1.807) is 0 Å². The number of thiophene rings is 1. The SMILES string of the molecule is Cc1cc(C(C)NC(C)c2cc3ccccc3o2)c(C)s1. The Bertz CT molecular complexity index is 723. The highest BCUT2D eigenvalue weighted by Crippen LogP contribution is 2.29. The molecule has 3 rings (SSSR count). The van der Waals surface area contributed by atoms with Crippen molar-refractivity contribution in [2.45, 2.75) is 39.8 Å². The van der Waals surface area contributed by atoms with Gasteiger partial charge in [-0.3, -0.25) is 0 Å². The van der Waals surface area contributed by atoms with Gasteiger partial charge in [-0.2, -0.15) is 0 Å². The van der Waals surface area contributed by atoms with Crippen LogP contribution in [-0.2, 0) is 0 Å². The molecule has 2 unspecified atom stereocenters. The zero-order valence-corrected chi connectivity index (χ0v) is 13.8. The first-order valence-corrected chi connectivity index (χ1v) is 8.17. The molecule has 0 aliphatic carbocycles. The van der Waals surface area contributed by atoms with Gasteiger partial charge in [0.1, 0.15) is 11.3 Å². The molecule has 0 fully saturated rings. The number of hydrogen-bond donors (Lipinski definition) is 1. The maximum absolute atomic E-state index is 5.94. The Morgan fingerprint density at radius 3 is 2.48 bits per heavy atom. The third-order valence-electron chi connectivity index (χ3n) is 3.92. The van der Waals surface area contributed by atoms with E-state index in [2.05, 4.69) is 51.2 Å². The second-order valence-corrected chi connectivity index (χ2v) is 7.13. The first kappa shape index (κ1) is 14.4. The molecule has 0 aliphatic rings. The molecule has 0 bridgehead atoms. The molecule has 2 aromatic heterocycles. The Morgan fingerprint density at radius 1 is 1.05 bits per heavy atom. The summed E-state index contributed by atoms with van der Waals surface area (Å²) in [6.07, 6.45) is 0. The lowest BCUT2D eigenvalue weighted by Crippen LogP contribution is -2.22. The predicted octanol–water partition coefficient (Wildman–Crippen LogP) is 5.52. The van der Waals surface area contributed by atoms with Crippen molar-refractivity contribution in [1.82, 2.24) is 5.32 Å². The zero-order valence-electron chi connectivity index (χ0n) is 12.9. The molecule has 0 radical (unpaired) electrons. The number of furan rings is 1. The average Bonchev–Trinajstić information content (AvgIpc) is 3.01. The number of aryl methyl sites for hydroxylation is 2. The van der Waals surface area contributed by atoms with E-state index in [0.29, 0.717) is 6.04 Å². The maximum atomic E-state index is 5.94. The Balaban J connectivity index is 1.79. The quantitative estimate of drug-likeness (QED) is 0.686. The van der Waals surface area contributed by atoms with E-state index in [1.165, 1.54) is 15.3 Å². The summed E-state index contributed by atoms with van der Waals surface area (Å²) in [5, 5.41) is 4.80. The number of fused-ring (bicyclic) bond motifs is 1. The summed E-state index contributed by atoms with van der Waals surface area (Å²) in [6.45, 7) is 8.73. The number of rotatable bonds is 4. The van der Waals surface area contributed by atoms with E-state index in [9.17, 15) is 0 Å². The second kappa shape index (κ2) is 5.66. The summed E-state index contributed by atoms with van der Waals surface area (Å²) in [5.41, 5.74) is 2.34. The van der Waals surface area contributed by atoms with Crippen molar-refractivity contribution in [3.05, 3.63) is 57.5 Å². The zero-order chi connectivity index (χ0) is 15.0. The van der Waals surface area contributed by atoms with Crippen molar-refractivity contribution in [3.8, 4) is 0 Å². The van der Waals surface area contributed by atoms with Gasteiger partial charge in [0.05, 0.1) is 6.04 Å². The summed E-state index contributed by atoms with van der Waals surface area (Å²) in [7, 11) is 0. The molecule has 1 aromatic carbocycles. The van der Waals surface area contributed by atoms with Gasteiger partial charge in [-0.1, -0.05) is 18.2 Å². The topological polar surface area (TPSA) is 25.2 Å². The Morgan fingerprint density at radius 2 is 1.81 bits per heavy atom. The molecule has 2 heterocycles. The molecule has 1 N–H and O–H groups in total. The van der Waals surface area contributed by atoms with Crippen LogP contribution in [0.5, 0.6) is 0 Å². The Hall–Kier alpha value is -1.58. The highest BCUT2D eigenvalue weighted by atomic mass is 32.1. The average molecular weight is 299 g/mol. The van der Waals surface area contributed by atoms with E-state index in [0.717, 1.165) is 16.7 Å². The first-order valence-electron chi connectivity index (χ1n) is 7.36. The fourth-order valence-electron chi connectivity index (χ4n) is 2.84. The van der Waals surface area contributed by atoms with Crippen LogP contribution in [0.3, 0.4) is 0 Å². The van der Waals surface area contributed by atoms with Crippen LogP contribution in [0.25, 0.3) is 11.0 Å². The summed E-state index contributed by atoms with van der Waals surface area (Å²) < 4.78 is 5.94. The fraction of sp³-hybridized carbons (Fsp3) is 0.333. The number of nitrogens with one attached hydrogen (secondary N) is 1. The third kappa shape index (κ3) is 2.89. The molecular weight excluding hydrogens is 278 g/mol. The lowest BCUT2D eigenvalue weighted by molar-refractivity contribution is 0.417. The van der Waals surface area contributed by atoms with Gasteiger partial charge in [0, 0.05) is 21.2 Å². The van der Waals surface area contributed by atoms with Crippen LogP contribution in [0.2, 0.25) is 0 Å². The predicted molar refractivity (Wildman–Crippen MR) is 90.0 cm³/mol. The normalized spacial score (nSPS) is 14.5. The van der Waals surface area contributed by atoms with Gasteiger partial charge in [-0.25, -0.2) is 0 Å². The highest BCUT2D eigenvalue weighted by molar-refractivity contribution is 7.12.